The van der Waals surface area contributed by atoms with Gasteiger partial charge in [0, 0.05) is 5.39 Å². The van der Waals surface area contributed by atoms with Gasteiger partial charge in [0.25, 0.3) is 10.0 Å². The molecule has 0 amide bonds. The Morgan fingerprint density at radius 2 is 1.61 bits per heavy atom. The van der Waals surface area contributed by atoms with Gasteiger partial charge >= 0.3 is 5.97 Å². The first kappa shape index (κ1) is 19.9. The second-order valence-electron chi connectivity index (χ2n) is 6.92. The van der Waals surface area contributed by atoms with Crippen molar-refractivity contribution in [1.29, 1.82) is 0 Å². The van der Waals surface area contributed by atoms with Gasteiger partial charge in [-0.2, -0.15) is 0 Å². The summed E-state index contributed by atoms with van der Waals surface area (Å²) in [5, 5.41) is 10.8. The van der Waals surface area contributed by atoms with Crippen molar-refractivity contribution in [2.75, 3.05) is 4.72 Å². The zero-order valence-electron chi connectivity index (χ0n) is 16.3. The van der Waals surface area contributed by atoms with E-state index in [0.29, 0.717) is 33.5 Å². The van der Waals surface area contributed by atoms with E-state index in [4.69, 9.17) is 0 Å². The molecule has 0 aliphatic carbocycles. The van der Waals surface area contributed by atoms with E-state index in [2.05, 4.69) is 10.8 Å². The first-order chi connectivity index (χ1) is 13.1. The minimum Gasteiger partial charge on any atom is -0.481 e. The Morgan fingerprint density at radius 3 is 2.21 bits per heavy atom. The first-order valence-corrected chi connectivity index (χ1v) is 10.3. The third kappa shape index (κ3) is 3.47. The van der Waals surface area contributed by atoms with E-state index in [1.54, 1.807) is 39.8 Å². The number of anilines is 1. The predicted molar refractivity (Wildman–Crippen MR) is 110 cm³/mol. The molecule has 0 saturated heterocycles. The lowest BCUT2D eigenvalue weighted by atomic mass is 9.92. The standard InChI is InChI=1S/C22H22NO4S/c1-13-15(3)22(16(4)14(2)19(13)12-21(24)25)28(26,27)23-20-11-7-9-17-8-5-6-10-18(17)20/h5-8,10-11,23H,12H2,1-4H3,(H,24,25). The normalized spacial score (nSPS) is 11.6. The lowest BCUT2D eigenvalue weighted by Crippen LogP contribution is -2.19. The van der Waals surface area contributed by atoms with E-state index >= 15 is 0 Å². The van der Waals surface area contributed by atoms with Crippen LogP contribution in [0.15, 0.2) is 41.3 Å². The Kier molecular flexibility index (Phi) is 5.17. The number of nitrogens with one attached hydrogen (secondary N) is 1. The lowest BCUT2D eigenvalue weighted by Gasteiger charge is -2.20. The van der Waals surface area contributed by atoms with Crippen LogP contribution in [0.4, 0.5) is 5.69 Å². The highest BCUT2D eigenvalue weighted by Crippen LogP contribution is 2.33. The van der Waals surface area contributed by atoms with Crippen LogP contribution in [-0.4, -0.2) is 19.5 Å². The lowest BCUT2D eigenvalue weighted by molar-refractivity contribution is -0.136. The summed E-state index contributed by atoms with van der Waals surface area (Å²) in [6.45, 7) is 6.98. The van der Waals surface area contributed by atoms with Crippen molar-refractivity contribution >= 4 is 32.5 Å². The fourth-order valence-electron chi connectivity index (χ4n) is 3.61. The Hall–Kier alpha value is -2.86. The van der Waals surface area contributed by atoms with Crippen LogP contribution < -0.4 is 4.72 Å². The van der Waals surface area contributed by atoms with E-state index in [-0.39, 0.29) is 11.3 Å². The molecule has 0 aliphatic heterocycles. The number of carbonyl (C=O) groups is 1. The second kappa shape index (κ2) is 7.28. The quantitative estimate of drug-likeness (QED) is 0.673. The molecular weight excluding hydrogens is 374 g/mol. The molecule has 0 atom stereocenters. The van der Waals surface area contributed by atoms with Crippen molar-refractivity contribution in [3.63, 3.8) is 0 Å². The number of hydrogen-bond donors (Lipinski definition) is 2. The average molecular weight is 396 g/mol. The number of sulfonamides is 1. The monoisotopic (exact) mass is 396 g/mol. The molecule has 5 nitrogen and oxygen atoms in total. The van der Waals surface area contributed by atoms with Crippen LogP contribution in [0.3, 0.4) is 0 Å². The summed E-state index contributed by atoms with van der Waals surface area (Å²) in [7, 11) is -3.87. The van der Waals surface area contributed by atoms with Crippen LogP contribution >= 0.6 is 0 Å². The molecule has 3 aromatic carbocycles. The van der Waals surface area contributed by atoms with Gasteiger partial charge in [0.05, 0.1) is 17.0 Å². The summed E-state index contributed by atoms with van der Waals surface area (Å²) in [6.07, 6.45) is -0.133. The third-order valence-electron chi connectivity index (χ3n) is 5.26. The van der Waals surface area contributed by atoms with Gasteiger partial charge in [0.2, 0.25) is 0 Å². The maximum Gasteiger partial charge on any atom is 0.307 e. The number of rotatable bonds is 5. The van der Waals surface area contributed by atoms with Crippen LogP contribution in [0, 0.1) is 33.8 Å². The van der Waals surface area contributed by atoms with Gasteiger partial charge in [-0.1, -0.05) is 30.3 Å². The second-order valence-corrected chi connectivity index (χ2v) is 8.54. The molecule has 145 valence electrons. The number of hydrogen-bond acceptors (Lipinski definition) is 3. The fraction of sp³-hybridized carbons (Fsp3) is 0.227. The molecule has 0 fully saturated rings. The number of aliphatic carboxylic acids is 1. The molecular formula is C22H22NO4S. The summed E-state index contributed by atoms with van der Waals surface area (Å²) < 4.78 is 29.3. The first-order valence-electron chi connectivity index (χ1n) is 8.86. The van der Waals surface area contributed by atoms with Gasteiger partial charge in [-0.05, 0) is 73.0 Å². The van der Waals surface area contributed by atoms with Crippen LogP contribution in [-0.2, 0) is 21.2 Å². The molecule has 0 heterocycles. The Bertz CT molecular complexity index is 1160. The van der Waals surface area contributed by atoms with Crippen LogP contribution in [0.2, 0.25) is 0 Å². The fourth-order valence-corrected chi connectivity index (χ4v) is 5.29. The highest BCUT2D eigenvalue weighted by atomic mass is 32.2. The topological polar surface area (TPSA) is 83.5 Å². The largest absolute Gasteiger partial charge is 0.481 e. The number of benzene rings is 3. The maximum absolute atomic E-state index is 13.3. The van der Waals surface area contributed by atoms with Gasteiger partial charge in [-0.3, -0.25) is 9.52 Å². The minimum atomic E-state index is -3.87. The molecule has 28 heavy (non-hydrogen) atoms. The molecule has 0 spiro atoms. The molecule has 0 bridgehead atoms. The minimum absolute atomic E-state index is 0.133. The van der Waals surface area contributed by atoms with Crippen LogP contribution in [0.25, 0.3) is 10.8 Å². The van der Waals surface area contributed by atoms with Crippen LogP contribution in [0.5, 0.6) is 0 Å². The van der Waals surface area contributed by atoms with Crippen molar-refractivity contribution < 1.29 is 18.3 Å². The molecule has 0 unspecified atom stereocenters. The van der Waals surface area contributed by atoms with Crippen molar-refractivity contribution in [2.24, 2.45) is 0 Å². The van der Waals surface area contributed by atoms with E-state index < -0.39 is 16.0 Å². The van der Waals surface area contributed by atoms with Gasteiger partial charge in [0.1, 0.15) is 0 Å². The van der Waals surface area contributed by atoms with Gasteiger partial charge < -0.3 is 5.11 Å². The molecule has 0 aromatic heterocycles. The molecule has 1 radical (unpaired) electrons. The highest BCUT2D eigenvalue weighted by molar-refractivity contribution is 7.92. The van der Waals surface area contributed by atoms with E-state index in [9.17, 15) is 18.3 Å². The van der Waals surface area contributed by atoms with Crippen molar-refractivity contribution in [3.05, 3.63) is 70.3 Å². The number of fused-ring (bicyclic) bond motifs is 1. The molecule has 6 heteroatoms. The van der Waals surface area contributed by atoms with E-state index in [1.165, 1.54) is 0 Å². The molecule has 0 aliphatic rings. The number of carboxylic acid groups (broad SMARTS) is 1. The Balaban J connectivity index is 2.16. The third-order valence-corrected chi connectivity index (χ3v) is 6.90. The highest BCUT2D eigenvalue weighted by Gasteiger charge is 2.25. The average Bonchev–Trinajstić information content (AvgIpc) is 2.63. The van der Waals surface area contributed by atoms with Crippen molar-refractivity contribution in [3.8, 4) is 0 Å². The molecule has 2 N–H and O–H groups in total. The van der Waals surface area contributed by atoms with E-state index in [0.717, 1.165) is 10.8 Å². The van der Waals surface area contributed by atoms with Gasteiger partial charge in [-0.25, -0.2) is 8.42 Å². The summed E-state index contributed by atoms with van der Waals surface area (Å²) in [5.74, 6) is -0.939. The summed E-state index contributed by atoms with van der Waals surface area (Å²) >= 11 is 0. The summed E-state index contributed by atoms with van der Waals surface area (Å²) in [5.41, 5.74) is 3.67. The van der Waals surface area contributed by atoms with Gasteiger partial charge in [0.15, 0.2) is 0 Å². The van der Waals surface area contributed by atoms with Crippen molar-refractivity contribution in [2.45, 2.75) is 39.0 Å². The summed E-state index contributed by atoms with van der Waals surface area (Å²) in [6, 6.07) is 13.9. The summed E-state index contributed by atoms with van der Waals surface area (Å²) in [4.78, 5) is 11.4. The Morgan fingerprint density at radius 1 is 1.00 bits per heavy atom. The molecule has 3 rings (SSSR count). The smallest absolute Gasteiger partial charge is 0.307 e. The maximum atomic E-state index is 13.3. The molecule has 0 saturated carbocycles. The van der Waals surface area contributed by atoms with Gasteiger partial charge in [-0.15, -0.1) is 0 Å². The Labute approximate surface area is 165 Å². The zero-order valence-corrected chi connectivity index (χ0v) is 17.1. The predicted octanol–water partition coefficient (Wildman–Crippen LogP) is 4.30. The zero-order chi connectivity index (χ0) is 20.6. The number of carboxylic acids is 1. The van der Waals surface area contributed by atoms with Crippen molar-refractivity contribution in [1.82, 2.24) is 0 Å². The van der Waals surface area contributed by atoms with Crippen LogP contribution in [0.1, 0.15) is 27.8 Å². The molecule has 3 aromatic rings. The SMILES string of the molecule is Cc1c(C)c(S(=O)(=O)Nc2cc[c]c3ccccc23)c(C)c(C)c1CC(=O)O. The van der Waals surface area contributed by atoms with E-state index in [1.807, 2.05) is 24.3 Å².